The fraction of sp³-hybridized carbons (Fsp3) is 0.727. The van der Waals surface area contributed by atoms with Gasteiger partial charge in [0.15, 0.2) is 0 Å². The monoisotopic (exact) mass is 259 g/mol. The van der Waals surface area contributed by atoms with Crippen LogP contribution in [0.5, 0.6) is 0 Å². The summed E-state index contributed by atoms with van der Waals surface area (Å²) >= 11 is 0. The minimum atomic E-state index is -0.965. The number of urea groups is 1. The number of likely N-dealkylation sites (N-methyl/N-ethyl adjacent to an activating group) is 1. The molecule has 0 radical (unpaired) electrons. The zero-order valence-corrected chi connectivity index (χ0v) is 11.2. The number of hydrogen-bond acceptors (Lipinski definition) is 3. The van der Waals surface area contributed by atoms with Crippen LogP contribution in [0.3, 0.4) is 0 Å². The SMILES string of the molecule is CCN(C(=O)NC(C)C(=O)NC)C(C)CC(=O)O. The molecule has 104 valence electrons. The lowest BCUT2D eigenvalue weighted by Gasteiger charge is -2.28. The Morgan fingerprint density at radius 2 is 1.83 bits per heavy atom. The first-order valence-electron chi connectivity index (χ1n) is 5.83. The van der Waals surface area contributed by atoms with Crippen molar-refractivity contribution in [2.75, 3.05) is 13.6 Å². The second-order valence-electron chi connectivity index (χ2n) is 4.02. The van der Waals surface area contributed by atoms with Gasteiger partial charge in [-0.2, -0.15) is 0 Å². The van der Waals surface area contributed by atoms with Crippen molar-refractivity contribution in [1.29, 1.82) is 0 Å². The largest absolute Gasteiger partial charge is 0.481 e. The molecule has 0 aromatic heterocycles. The van der Waals surface area contributed by atoms with Gasteiger partial charge in [0.2, 0.25) is 5.91 Å². The van der Waals surface area contributed by atoms with Crippen LogP contribution in [0.2, 0.25) is 0 Å². The molecule has 0 aromatic rings. The van der Waals surface area contributed by atoms with Gasteiger partial charge in [-0.25, -0.2) is 4.79 Å². The van der Waals surface area contributed by atoms with E-state index in [1.54, 1.807) is 20.8 Å². The van der Waals surface area contributed by atoms with Gasteiger partial charge in [0, 0.05) is 19.6 Å². The zero-order valence-electron chi connectivity index (χ0n) is 11.2. The van der Waals surface area contributed by atoms with Gasteiger partial charge in [-0.05, 0) is 20.8 Å². The van der Waals surface area contributed by atoms with Crippen molar-refractivity contribution >= 4 is 17.9 Å². The van der Waals surface area contributed by atoms with Gasteiger partial charge in [0.25, 0.3) is 0 Å². The van der Waals surface area contributed by atoms with Crippen LogP contribution in [0.4, 0.5) is 4.79 Å². The first kappa shape index (κ1) is 16.2. The van der Waals surface area contributed by atoms with E-state index in [4.69, 9.17) is 5.11 Å². The molecule has 18 heavy (non-hydrogen) atoms. The fourth-order valence-corrected chi connectivity index (χ4v) is 1.57. The number of carboxylic acids is 1. The highest BCUT2D eigenvalue weighted by molar-refractivity contribution is 5.86. The van der Waals surface area contributed by atoms with E-state index in [0.717, 1.165) is 0 Å². The molecule has 2 atom stereocenters. The number of nitrogens with zero attached hydrogens (tertiary/aromatic N) is 1. The van der Waals surface area contributed by atoms with Crippen LogP contribution in [-0.4, -0.2) is 53.6 Å². The van der Waals surface area contributed by atoms with Crippen molar-refractivity contribution in [3.63, 3.8) is 0 Å². The maximum atomic E-state index is 11.9. The summed E-state index contributed by atoms with van der Waals surface area (Å²) in [6.45, 7) is 5.34. The van der Waals surface area contributed by atoms with Gasteiger partial charge in [0.05, 0.1) is 6.42 Å². The van der Waals surface area contributed by atoms with E-state index in [2.05, 4.69) is 10.6 Å². The Bertz CT molecular complexity index is 319. The molecule has 0 spiro atoms. The Morgan fingerprint density at radius 3 is 2.22 bits per heavy atom. The molecule has 0 aliphatic heterocycles. The van der Waals surface area contributed by atoms with Crippen molar-refractivity contribution < 1.29 is 19.5 Å². The summed E-state index contributed by atoms with van der Waals surface area (Å²) in [5.41, 5.74) is 0. The van der Waals surface area contributed by atoms with Crippen LogP contribution in [0.15, 0.2) is 0 Å². The summed E-state index contributed by atoms with van der Waals surface area (Å²) in [7, 11) is 1.48. The van der Waals surface area contributed by atoms with Crippen molar-refractivity contribution in [2.45, 2.75) is 39.3 Å². The third kappa shape index (κ3) is 5.03. The molecule has 3 amide bonds. The van der Waals surface area contributed by atoms with Crippen molar-refractivity contribution in [1.82, 2.24) is 15.5 Å². The average molecular weight is 259 g/mol. The number of aliphatic carboxylic acids is 1. The highest BCUT2D eigenvalue weighted by Crippen LogP contribution is 2.04. The number of carboxylic acid groups (broad SMARTS) is 1. The lowest BCUT2D eigenvalue weighted by molar-refractivity contribution is -0.138. The highest BCUT2D eigenvalue weighted by Gasteiger charge is 2.23. The molecule has 7 heteroatoms. The Morgan fingerprint density at radius 1 is 1.28 bits per heavy atom. The van der Waals surface area contributed by atoms with E-state index in [0.29, 0.717) is 6.54 Å². The summed E-state index contributed by atoms with van der Waals surface area (Å²) in [5, 5.41) is 13.6. The Hall–Kier alpha value is -1.79. The number of carbonyl (C=O) groups is 3. The first-order chi connectivity index (χ1) is 8.33. The molecule has 0 aliphatic carbocycles. The van der Waals surface area contributed by atoms with Crippen molar-refractivity contribution in [3.05, 3.63) is 0 Å². The molecule has 3 N–H and O–H groups in total. The van der Waals surface area contributed by atoms with Crippen LogP contribution in [0.25, 0.3) is 0 Å². The number of carbonyl (C=O) groups excluding carboxylic acids is 2. The maximum absolute atomic E-state index is 11.9. The molecule has 2 unspecified atom stereocenters. The minimum absolute atomic E-state index is 0.129. The summed E-state index contributed by atoms with van der Waals surface area (Å²) in [4.78, 5) is 35.1. The summed E-state index contributed by atoms with van der Waals surface area (Å²) in [6, 6.07) is -1.53. The molecule has 0 saturated carbocycles. The van der Waals surface area contributed by atoms with Crippen molar-refractivity contribution in [2.24, 2.45) is 0 Å². The Balaban J connectivity index is 4.52. The molecule has 0 heterocycles. The van der Waals surface area contributed by atoms with Gasteiger partial charge >= 0.3 is 12.0 Å². The minimum Gasteiger partial charge on any atom is -0.481 e. The predicted octanol–water partition coefficient (Wildman–Crippen LogP) is 0.0156. The quantitative estimate of drug-likeness (QED) is 0.626. The lowest BCUT2D eigenvalue weighted by Crippen LogP contribution is -2.51. The number of rotatable bonds is 6. The van der Waals surface area contributed by atoms with E-state index in [-0.39, 0.29) is 12.3 Å². The van der Waals surface area contributed by atoms with Crippen LogP contribution in [-0.2, 0) is 9.59 Å². The van der Waals surface area contributed by atoms with Crippen LogP contribution in [0, 0.1) is 0 Å². The van der Waals surface area contributed by atoms with E-state index < -0.39 is 24.1 Å². The molecule has 0 aliphatic rings. The Kier molecular flexibility index (Phi) is 6.77. The molecular formula is C11H21N3O4. The topological polar surface area (TPSA) is 98.7 Å². The van der Waals surface area contributed by atoms with Gasteiger partial charge in [-0.1, -0.05) is 0 Å². The Labute approximate surface area is 107 Å². The molecule has 0 saturated heterocycles. The maximum Gasteiger partial charge on any atom is 0.318 e. The van der Waals surface area contributed by atoms with Crippen molar-refractivity contribution in [3.8, 4) is 0 Å². The normalized spacial score (nSPS) is 13.3. The molecule has 0 aromatic carbocycles. The smallest absolute Gasteiger partial charge is 0.318 e. The van der Waals surface area contributed by atoms with E-state index in [9.17, 15) is 14.4 Å². The van der Waals surface area contributed by atoms with Gasteiger partial charge in [0.1, 0.15) is 6.04 Å². The second kappa shape index (κ2) is 7.52. The first-order valence-corrected chi connectivity index (χ1v) is 5.83. The third-order valence-corrected chi connectivity index (χ3v) is 2.58. The van der Waals surface area contributed by atoms with E-state index >= 15 is 0 Å². The second-order valence-corrected chi connectivity index (χ2v) is 4.02. The molecule has 0 fully saturated rings. The van der Waals surface area contributed by atoms with Crippen LogP contribution < -0.4 is 10.6 Å². The number of amides is 3. The summed E-state index contributed by atoms with van der Waals surface area (Å²) in [5.74, 6) is -1.27. The average Bonchev–Trinajstić information content (AvgIpc) is 2.27. The van der Waals surface area contributed by atoms with E-state index in [1.807, 2.05) is 0 Å². The van der Waals surface area contributed by atoms with Gasteiger partial charge < -0.3 is 20.6 Å². The van der Waals surface area contributed by atoms with Crippen LogP contribution >= 0.6 is 0 Å². The summed E-state index contributed by atoms with van der Waals surface area (Å²) < 4.78 is 0. The molecule has 7 nitrogen and oxygen atoms in total. The van der Waals surface area contributed by atoms with Gasteiger partial charge in [-0.3, -0.25) is 9.59 Å². The molecular weight excluding hydrogens is 238 g/mol. The highest BCUT2D eigenvalue weighted by atomic mass is 16.4. The van der Waals surface area contributed by atoms with E-state index in [1.165, 1.54) is 11.9 Å². The molecule has 0 bridgehead atoms. The predicted molar refractivity (Wildman–Crippen MR) is 66.2 cm³/mol. The van der Waals surface area contributed by atoms with Crippen LogP contribution in [0.1, 0.15) is 27.2 Å². The standard InChI is InChI=1S/C11H21N3O4/c1-5-14(7(2)6-9(15)16)11(18)13-8(3)10(17)12-4/h7-8H,5-6H2,1-4H3,(H,12,17)(H,13,18)(H,15,16). The zero-order chi connectivity index (χ0) is 14.3. The molecule has 0 rings (SSSR count). The van der Waals surface area contributed by atoms with Gasteiger partial charge in [-0.15, -0.1) is 0 Å². The number of hydrogen-bond donors (Lipinski definition) is 3. The fourth-order valence-electron chi connectivity index (χ4n) is 1.57. The summed E-state index contributed by atoms with van der Waals surface area (Å²) in [6.07, 6.45) is -0.129. The third-order valence-electron chi connectivity index (χ3n) is 2.58. The lowest BCUT2D eigenvalue weighted by atomic mass is 10.2. The number of nitrogens with one attached hydrogen (secondary N) is 2.